The van der Waals surface area contributed by atoms with Crippen molar-refractivity contribution in [3.05, 3.63) is 18.5 Å². The minimum atomic E-state index is -0.244. The lowest BCUT2D eigenvalue weighted by Crippen LogP contribution is -2.51. The van der Waals surface area contributed by atoms with Crippen molar-refractivity contribution in [2.75, 3.05) is 31.2 Å². The lowest BCUT2D eigenvalue weighted by atomic mass is 10.1. The molecule has 0 saturated carbocycles. The highest BCUT2D eigenvalue weighted by molar-refractivity contribution is 5.29. The van der Waals surface area contributed by atoms with Gasteiger partial charge in [-0.3, -0.25) is 0 Å². The Morgan fingerprint density at radius 3 is 2.72 bits per heavy atom. The first-order chi connectivity index (χ1) is 8.83. The summed E-state index contributed by atoms with van der Waals surface area (Å²) in [7, 11) is 0. The number of aromatic nitrogens is 2. The first-order valence-electron chi connectivity index (χ1n) is 6.33. The maximum Gasteiger partial charge on any atom is 0.225 e. The Labute approximate surface area is 107 Å². The molecule has 6 heteroatoms. The van der Waals surface area contributed by atoms with Crippen molar-refractivity contribution in [2.45, 2.75) is 24.9 Å². The van der Waals surface area contributed by atoms with E-state index < -0.39 is 0 Å². The normalized spacial score (nSPS) is 20.4. The molecule has 1 aromatic rings. The van der Waals surface area contributed by atoms with Crippen LogP contribution < -0.4 is 10.2 Å². The van der Waals surface area contributed by atoms with Crippen molar-refractivity contribution in [2.24, 2.45) is 0 Å². The second-order valence-corrected chi connectivity index (χ2v) is 4.56. The summed E-state index contributed by atoms with van der Waals surface area (Å²) < 4.78 is 0. The van der Waals surface area contributed by atoms with Crippen LogP contribution in [0.15, 0.2) is 18.5 Å². The van der Waals surface area contributed by atoms with Gasteiger partial charge in [-0.05, 0) is 18.9 Å². The molecule has 1 atom stereocenters. The lowest BCUT2D eigenvalue weighted by molar-refractivity contribution is 0.158. The lowest BCUT2D eigenvalue weighted by Gasteiger charge is -2.34. The molecular weight excluding hydrogens is 232 g/mol. The fourth-order valence-corrected chi connectivity index (χ4v) is 2.25. The molecule has 0 radical (unpaired) electrons. The van der Waals surface area contributed by atoms with Crippen LogP contribution in [0.25, 0.3) is 0 Å². The molecule has 1 saturated heterocycles. The number of anilines is 1. The minimum absolute atomic E-state index is 0.0468. The van der Waals surface area contributed by atoms with Crippen LogP contribution in [-0.4, -0.2) is 58.6 Å². The Balaban J connectivity index is 1.92. The van der Waals surface area contributed by atoms with Gasteiger partial charge in [0, 0.05) is 31.5 Å². The third-order valence-electron chi connectivity index (χ3n) is 3.17. The molecule has 0 aromatic carbocycles. The number of piperidine rings is 1. The maximum atomic E-state index is 9.08. The van der Waals surface area contributed by atoms with Gasteiger partial charge in [0.15, 0.2) is 0 Å². The van der Waals surface area contributed by atoms with Gasteiger partial charge in [0.1, 0.15) is 0 Å². The average Bonchev–Trinajstić information content (AvgIpc) is 2.46. The van der Waals surface area contributed by atoms with Gasteiger partial charge in [-0.1, -0.05) is 0 Å². The van der Waals surface area contributed by atoms with E-state index in [4.69, 9.17) is 10.2 Å². The molecule has 0 spiro atoms. The first-order valence-corrected chi connectivity index (χ1v) is 6.33. The van der Waals surface area contributed by atoms with E-state index in [-0.39, 0.29) is 25.3 Å². The van der Waals surface area contributed by atoms with Crippen molar-refractivity contribution >= 4 is 5.95 Å². The molecule has 3 N–H and O–H groups in total. The van der Waals surface area contributed by atoms with Crippen LogP contribution in [0.3, 0.4) is 0 Å². The van der Waals surface area contributed by atoms with E-state index in [0.717, 1.165) is 31.9 Å². The summed E-state index contributed by atoms with van der Waals surface area (Å²) in [4.78, 5) is 10.6. The summed E-state index contributed by atoms with van der Waals surface area (Å²) in [6.45, 7) is 1.66. The van der Waals surface area contributed by atoms with E-state index in [0.29, 0.717) is 0 Å². The topological polar surface area (TPSA) is 81.5 Å². The summed E-state index contributed by atoms with van der Waals surface area (Å²) >= 11 is 0. The Kier molecular flexibility index (Phi) is 4.86. The molecule has 0 amide bonds. The molecule has 1 aromatic heterocycles. The van der Waals surface area contributed by atoms with E-state index in [2.05, 4.69) is 20.2 Å². The fraction of sp³-hybridized carbons (Fsp3) is 0.667. The third-order valence-corrected chi connectivity index (χ3v) is 3.17. The molecule has 6 nitrogen and oxygen atoms in total. The number of nitrogens with one attached hydrogen (secondary N) is 1. The molecule has 2 heterocycles. The number of aliphatic hydroxyl groups excluding tert-OH is 2. The second kappa shape index (κ2) is 6.63. The van der Waals surface area contributed by atoms with Crippen molar-refractivity contribution < 1.29 is 10.2 Å². The molecular formula is C12H20N4O2. The molecule has 0 bridgehead atoms. The fourth-order valence-electron chi connectivity index (χ4n) is 2.25. The summed E-state index contributed by atoms with van der Waals surface area (Å²) in [6.07, 6.45) is 5.58. The van der Waals surface area contributed by atoms with Gasteiger partial charge in [-0.2, -0.15) is 0 Å². The zero-order valence-corrected chi connectivity index (χ0v) is 10.4. The molecule has 0 aliphatic carbocycles. The molecule has 1 fully saturated rings. The highest BCUT2D eigenvalue weighted by Gasteiger charge is 2.23. The monoisotopic (exact) mass is 252 g/mol. The van der Waals surface area contributed by atoms with Gasteiger partial charge in [-0.15, -0.1) is 0 Å². The maximum absolute atomic E-state index is 9.08. The summed E-state index contributed by atoms with van der Waals surface area (Å²) in [5.74, 6) is 0.744. The minimum Gasteiger partial charge on any atom is -0.395 e. The van der Waals surface area contributed by atoms with E-state index in [1.807, 2.05) is 0 Å². The van der Waals surface area contributed by atoms with Crippen LogP contribution in [-0.2, 0) is 0 Å². The number of rotatable bonds is 5. The van der Waals surface area contributed by atoms with Gasteiger partial charge < -0.3 is 20.4 Å². The van der Waals surface area contributed by atoms with Gasteiger partial charge in [-0.25, -0.2) is 9.97 Å². The van der Waals surface area contributed by atoms with Crippen molar-refractivity contribution in [1.82, 2.24) is 15.3 Å². The van der Waals surface area contributed by atoms with Crippen molar-refractivity contribution in [3.8, 4) is 0 Å². The smallest absolute Gasteiger partial charge is 0.225 e. The van der Waals surface area contributed by atoms with Crippen molar-refractivity contribution in [3.63, 3.8) is 0 Å². The van der Waals surface area contributed by atoms with Gasteiger partial charge in [0.25, 0.3) is 0 Å². The first kappa shape index (κ1) is 13.2. The largest absolute Gasteiger partial charge is 0.395 e. The summed E-state index contributed by atoms with van der Waals surface area (Å²) in [6, 6.07) is 1.81. The van der Waals surface area contributed by atoms with Crippen LogP contribution in [0, 0.1) is 0 Å². The van der Waals surface area contributed by atoms with Gasteiger partial charge >= 0.3 is 0 Å². The number of nitrogens with zero attached hydrogens (tertiary/aromatic N) is 3. The van der Waals surface area contributed by atoms with E-state index >= 15 is 0 Å². The standard InChI is InChI=1S/C12H20N4O2/c17-8-11(9-18)15-10-3-1-6-16(7-10)12-13-4-2-5-14-12/h2,4-5,10-11,15,17-18H,1,3,6-9H2/t10-/m0/s1. The Hall–Kier alpha value is -1.24. The highest BCUT2D eigenvalue weighted by Crippen LogP contribution is 2.15. The van der Waals surface area contributed by atoms with E-state index in [1.54, 1.807) is 18.5 Å². The van der Waals surface area contributed by atoms with Crippen LogP contribution in [0.5, 0.6) is 0 Å². The van der Waals surface area contributed by atoms with Crippen molar-refractivity contribution in [1.29, 1.82) is 0 Å². The molecule has 1 aliphatic rings. The van der Waals surface area contributed by atoms with Crippen LogP contribution in [0.1, 0.15) is 12.8 Å². The Bertz CT molecular complexity index is 345. The summed E-state index contributed by atoms with van der Waals surface area (Å²) in [5.41, 5.74) is 0. The predicted octanol–water partition coefficient (Wildman–Crippen LogP) is -0.612. The number of aliphatic hydroxyl groups is 2. The van der Waals surface area contributed by atoms with Crippen LogP contribution in [0.2, 0.25) is 0 Å². The second-order valence-electron chi connectivity index (χ2n) is 4.56. The van der Waals surface area contributed by atoms with E-state index in [9.17, 15) is 0 Å². The molecule has 100 valence electrons. The SMILES string of the molecule is OCC(CO)N[C@H]1CCCN(c2ncccn2)C1. The Morgan fingerprint density at radius 1 is 1.33 bits per heavy atom. The molecule has 1 aliphatic heterocycles. The molecule has 2 rings (SSSR count). The quantitative estimate of drug-likeness (QED) is 0.648. The van der Waals surface area contributed by atoms with E-state index in [1.165, 1.54) is 0 Å². The van der Waals surface area contributed by atoms with Gasteiger partial charge in [0.05, 0.1) is 19.3 Å². The number of hydrogen-bond acceptors (Lipinski definition) is 6. The summed E-state index contributed by atoms with van der Waals surface area (Å²) in [5, 5.41) is 21.4. The predicted molar refractivity (Wildman–Crippen MR) is 68.4 cm³/mol. The van der Waals surface area contributed by atoms with Gasteiger partial charge in [0.2, 0.25) is 5.95 Å². The number of hydrogen-bond donors (Lipinski definition) is 3. The zero-order valence-electron chi connectivity index (χ0n) is 10.4. The highest BCUT2D eigenvalue weighted by atomic mass is 16.3. The van der Waals surface area contributed by atoms with Crippen LogP contribution >= 0.6 is 0 Å². The Morgan fingerprint density at radius 2 is 2.06 bits per heavy atom. The zero-order chi connectivity index (χ0) is 12.8. The molecule has 0 unspecified atom stereocenters. The third kappa shape index (κ3) is 3.38. The average molecular weight is 252 g/mol. The molecule has 18 heavy (non-hydrogen) atoms. The van der Waals surface area contributed by atoms with Crippen LogP contribution in [0.4, 0.5) is 5.95 Å².